The van der Waals surface area contributed by atoms with Crippen molar-refractivity contribution in [3.05, 3.63) is 41.1 Å². The van der Waals surface area contributed by atoms with E-state index >= 15 is 4.39 Å². The van der Waals surface area contributed by atoms with Crippen LogP contribution >= 0.6 is 11.6 Å². The van der Waals surface area contributed by atoms with Crippen LogP contribution in [0.1, 0.15) is 18.9 Å². The number of nitrogens with one attached hydrogen (secondary N) is 1. The maximum absolute atomic E-state index is 15.0. The fourth-order valence-electron chi connectivity index (χ4n) is 4.55. The number of hydrogen-bond donors (Lipinski definition) is 2. The molecule has 2 aliphatic rings. The van der Waals surface area contributed by atoms with E-state index < -0.39 is 15.7 Å². The number of likely N-dealkylation sites (tertiary alicyclic amines) is 1. The van der Waals surface area contributed by atoms with E-state index in [0.717, 1.165) is 5.56 Å². The predicted octanol–water partition coefficient (Wildman–Crippen LogP) is 2.60. The van der Waals surface area contributed by atoms with Gasteiger partial charge in [-0.2, -0.15) is 0 Å². The Hall–Kier alpha value is -1.81. The van der Waals surface area contributed by atoms with Crippen molar-refractivity contribution in [1.29, 1.82) is 0 Å². The molecule has 0 aromatic carbocycles. The highest BCUT2D eigenvalue weighted by molar-refractivity contribution is 7.91. The topological polar surface area (TPSA) is 95.4 Å². The van der Waals surface area contributed by atoms with Crippen LogP contribution in [0, 0.1) is 17.7 Å². The van der Waals surface area contributed by atoms with Gasteiger partial charge in [-0.15, -0.1) is 0 Å². The van der Waals surface area contributed by atoms with Gasteiger partial charge in [-0.25, -0.2) is 17.8 Å². The van der Waals surface area contributed by atoms with E-state index in [1.807, 2.05) is 6.92 Å². The summed E-state index contributed by atoms with van der Waals surface area (Å²) >= 11 is 6.03. The molecule has 168 valence electrons. The van der Waals surface area contributed by atoms with Gasteiger partial charge in [0.2, 0.25) is 0 Å². The number of aromatic nitrogens is 2. The lowest BCUT2D eigenvalue weighted by atomic mass is 10.0. The van der Waals surface area contributed by atoms with Crippen LogP contribution in [0.25, 0.3) is 11.3 Å². The third-order valence-electron chi connectivity index (χ3n) is 5.98. The van der Waals surface area contributed by atoms with E-state index in [-0.39, 0.29) is 46.8 Å². The molecule has 0 aliphatic carbocycles. The van der Waals surface area contributed by atoms with Gasteiger partial charge in [0, 0.05) is 55.9 Å². The lowest BCUT2D eigenvalue weighted by Gasteiger charge is -2.19. The minimum atomic E-state index is -2.90. The van der Waals surface area contributed by atoms with Crippen molar-refractivity contribution in [2.45, 2.75) is 25.9 Å². The molecule has 2 saturated heterocycles. The molecule has 2 N–H and O–H groups in total. The normalized spacial score (nSPS) is 23.6. The number of rotatable bonds is 7. The Morgan fingerprint density at radius 1 is 1.26 bits per heavy atom. The second kappa shape index (κ2) is 8.97. The molecular formula is C21H26ClFN4O3S. The highest BCUT2D eigenvalue weighted by Crippen LogP contribution is 2.34. The minimum absolute atomic E-state index is 0.0355. The first-order valence-electron chi connectivity index (χ1n) is 10.3. The number of nitrogens with zero attached hydrogens (tertiary/aromatic N) is 3. The summed E-state index contributed by atoms with van der Waals surface area (Å²) < 4.78 is 38.6. The predicted molar refractivity (Wildman–Crippen MR) is 118 cm³/mol. The number of anilines is 1. The molecule has 2 unspecified atom stereocenters. The smallest absolute Gasteiger partial charge is 0.150 e. The van der Waals surface area contributed by atoms with Crippen molar-refractivity contribution in [3.8, 4) is 11.3 Å². The second-order valence-corrected chi connectivity index (χ2v) is 11.1. The maximum atomic E-state index is 15.0. The number of aliphatic hydroxyl groups is 1. The first kappa shape index (κ1) is 22.4. The highest BCUT2D eigenvalue weighted by atomic mass is 35.5. The van der Waals surface area contributed by atoms with Crippen LogP contribution in [0.15, 0.2) is 24.5 Å². The van der Waals surface area contributed by atoms with Gasteiger partial charge < -0.3 is 10.4 Å². The van der Waals surface area contributed by atoms with E-state index in [9.17, 15) is 8.42 Å². The van der Waals surface area contributed by atoms with Crippen molar-refractivity contribution in [3.63, 3.8) is 0 Å². The first-order chi connectivity index (χ1) is 14.7. The van der Waals surface area contributed by atoms with Crippen molar-refractivity contribution in [2.75, 3.05) is 36.5 Å². The van der Waals surface area contributed by atoms with Gasteiger partial charge in [-0.05, 0) is 42.9 Å². The monoisotopic (exact) mass is 468 g/mol. The Balaban J connectivity index is 1.50. The van der Waals surface area contributed by atoms with Crippen LogP contribution < -0.4 is 5.32 Å². The summed E-state index contributed by atoms with van der Waals surface area (Å²) in [6, 6.07) is 3.06. The fourth-order valence-corrected chi connectivity index (χ4v) is 6.91. The Kier molecular flexibility index (Phi) is 6.48. The average Bonchev–Trinajstić information content (AvgIpc) is 3.15. The summed E-state index contributed by atoms with van der Waals surface area (Å²) in [5, 5.41) is 12.7. The number of sulfone groups is 1. The third kappa shape index (κ3) is 5.16. The Labute approximate surface area is 186 Å². The van der Waals surface area contributed by atoms with Crippen LogP contribution in [0.3, 0.4) is 0 Å². The summed E-state index contributed by atoms with van der Waals surface area (Å²) in [6.07, 6.45) is 3.68. The van der Waals surface area contributed by atoms with Gasteiger partial charge in [-0.3, -0.25) is 9.88 Å². The van der Waals surface area contributed by atoms with Crippen molar-refractivity contribution >= 4 is 27.1 Å². The van der Waals surface area contributed by atoms with E-state index in [4.69, 9.17) is 16.7 Å². The minimum Gasteiger partial charge on any atom is -0.396 e. The molecule has 10 heteroatoms. The molecular weight excluding hydrogens is 443 g/mol. The van der Waals surface area contributed by atoms with Gasteiger partial charge in [0.1, 0.15) is 16.7 Å². The average molecular weight is 469 g/mol. The molecule has 0 saturated carbocycles. The lowest BCUT2D eigenvalue weighted by Crippen LogP contribution is -2.24. The summed E-state index contributed by atoms with van der Waals surface area (Å²) in [5.74, 6) is 0.414. The fraction of sp³-hybridized carbons (Fsp3) is 0.524. The zero-order valence-electron chi connectivity index (χ0n) is 17.3. The van der Waals surface area contributed by atoms with Crippen molar-refractivity contribution in [2.24, 2.45) is 11.8 Å². The van der Waals surface area contributed by atoms with Crippen LogP contribution in [0.4, 0.5) is 10.1 Å². The standard InChI is InChI=1S/C21H26ClFN4O3S/c1-13(2-3-28)26-19-5-20(22)24-7-17(19)21-18(23)4-14(6-25-21)8-27-9-15-11-31(29,30)12-16(15)10-27/h4-7,13,15-16,28H,2-3,8-12H2,1H3,(H,24,26)/t13-,15?,16?/m0/s1. The van der Waals surface area contributed by atoms with E-state index in [2.05, 4.69) is 20.2 Å². The maximum Gasteiger partial charge on any atom is 0.150 e. The van der Waals surface area contributed by atoms with Gasteiger partial charge in [0.15, 0.2) is 9.84 Å². The third-order valence-corrected chi connectivity index (χ3v) is 8.06. The van der Waals surface area contributed by atoms with Gasteiger partial charge in [0.25, 0.3) is 0 Å². The molecule has 0 amide bonds. The summed E-state index contributed by atoms with van der Waals surface area (Å²) in [6.45, 7) is 3.91. The van der Waals surface area contributed by atoms with Crippen LogP contribution in [-0.4, -0.2) is 65.6 Å². The molecule has 7 nitrogen and oxygen atoms in total. The molecule has 2 aliphatic heterocycles. The Bertz CT molecular complexity index is 1050. The van der Waals surface area contributed by atoms with Crippen molar-refractivity contribution < 1.29 is 17.9 Å². The van der Waals surface area contributed by atoms with Crippen LogP contribution in [0.5, 0.6) is 0 Å². The highest BCUT2D eigenvalue weighted by Gasteiger charge is 2.43. The summed E-state index contributed by atoms with van der Waals surface area (Å²) in [7, 11) is -2.90. The molecule has 4 rings (SSSR count). The van der Waals surface area contributed by atoms with Crippen molar-refractivity contribution in [1.82, 2.24) is 14.9 Å². The molecule has 0 bridgehead atoms. The van der Waals surface area contributed by atoms with Gasteiger partial charge in [0.05, 0.1) is 11.5 Å². The molecule has 3 atom stereocenters. The number of fused-ring (bicyclic) bond motifs is 1. The zero-order chi connectivity index (χ0) is 22.2. The molecule has 2 fully saturated rings. The lowest BCUT2D eigenvalue weighted by molar-refractivity contribution is 0.282. The Morgan fingerprint density at radius 2 is 1.97 bits per heavy atom. The first-order valence-corrected chi connectivity index (χ1v) is 12.5. The molecule has 0 spiro atoms. The summed E-state index contributed by atoms with van der Waals surface area (Å²) in [5.41, 5.74) is 2.03. The summed E-state index contributed by atoms with van der Waals surface area (Å²) in [4.78, 5) is 10.6. The molecule has 2 aromatic heterocycles. The quantitative estimate of drug-likeness (QED) is 0.603. The molecule has 31 heavy (non-hydrogen) atoms. The second-order valence-electron chi connectivity index (χ2n) is 8.58. The van der Waals surface area contributed by atoms with Gasteiger partial charge in [-0.1, -0.05) is 11.6 Å². The van der Waals surface area contributed by atoms with Crippen LogP contribution in [0.2, 0.25) is 5.15 Å². The van der Waals surface area contributed by atoms with E-state index in [0.29, 0.717) is 37.3 Å². The molecule has 0 radical (unpaired) electrons. The SMILES string of the molecule is C[C@@H](CCO)Nc1cc(Cl)ncc1-c1ncc(CN2CC3CS(=O)(=O)CC3C2)cc1F. The van der Waals surface area contributed by atoms with Crippen LogP contribution in [-0.2, 0) is 16.4 Å². The molecule has 4 heterocycles. The van der Waals surface area contributed by atoms with E-state index in [1.54, 1.807) is 12.3 Å². The number of halogens is 2. The number of hydrogen-bond acceptors (Lipinski definition) is 7. The largest absolute Gasteiger partial charge is 0.396 e. The number of aliphatic hydroxyl groups excluding tert-OH is 1. The Morgan fingerprint density at radius 3 is 2.61 bits per heavy atom. The number of pyridine rings is 2. The van der Waals surface area contributed by atoms with Gasteiger partial charge >= 0.3 is 0 Å². The van der Waals surface area contributed by atoms with E-state index in [1.165, 1.54) is 12.3 Å². The zero-order valence-corrected chi connectivity index (χ0v) is 18.8. The molecule has 2 aromatic rings.